The first-order valence-electron chi connectivity index (χ1n) is 5.50. The third-order valence-corrected chi connectivity index (χ3v) is 2.77. The largest absolute Gasteiger partial charge is 0.349 e. The summed E-state index contributed by atoms with van der Waals surface area (Å²) in [5.74, 6) is 0.737. The third kappa shape index (κ3) is 2.55. The van der Waals surface area contributed by atoms with E-state index in [-0.39, 0.29) is 11.9 Å². The fourth-order valence-corrected chi connectivity index (χ4v) is 1.74. The highest BCUT2D eigenvalue weighted by molar-refractivity contribution is 5.76. The number of aromatic nitrogens is 1. The molecule has 3 heteroatoms. The van der Waals surface area contributed by atoms with Crippen LogP contribution >= 0.6 is 0 Å². The maximum absolute atomic E-state index is 11.4. The first kappa shape index (κ1) is 10.1. The van der Waals surface area contributed by atoms with Gasteiger partial charge in [0.15, 0.2) is 0 Å². The van der Waals surface area contributed by atoms with Gasteiger partial charge >= 0.3 is 0 Å². The molecule has 1 heterocycles. The van der Waals surface area contributed by atoms with Crippen LogP contribution < -0.4 is 5.32 Å². The summed E-state index contributed by atoms with van der Waals surface area (Å²) in [6, 6.07) is 4.13. The standard InChI is InChI=1S/C12H16N2O/c1-2-11(15)14-12(9-5-6-9)10-4-3-7-13-8-10/h3-4,7-9,12H,2,5-6H2,1H3,(H,14,15). The molecule has 1 aliphatic carbocycles. The van der Waals surface area contributed by atoms with Crippen molar-refractivity contribution < 1.29 is 4.79 Å². The normalized spacial score (nSPS) is 17.1. The number of nitrogens with one attached hydrogen (secondary N) is 1. The summed E-state index contributed by atoms with van der Waals surface area (Å²) in [5.41, 5.74) is 1.13. The Hall–Kier alpha value is -1.38. The minimum Gasteiger partial charge on any atom is -0.349 e. The molecule has 3 nitrogen and oxygen atoms in total. The molecule has 1 aliphatic rings. The molecule has 1 fully saturated rings. The topological polar surface area (TPSA) is 42.0 Å². The van der Waals surface area contributed by atoms with Crippen molar-refractivity contribution in [2.24, 2.45) is 5.92 Å². The van der Waals surface area contributed by atoms with Crippen LogP contribution in [0.3, 0.4) is 0 Å². The van der Waals surface area contributed by atoms with Crippen molar-refractivity contribution in [1.82, 2.24) is 10.3 Å². The van der Waals surface area contributed by atoms with Crippen LogP contribution in [0, 0.1) is 5.92 Å². The maximum atomic E-state index is 11.4. The van der Waals surface area contributed by atoms with Crippen LogP contribution in [0.1, 0.15) is 37.8 Å². The molecule has 0 aliphatic heterocycles. The van der Waals surface area contributed by atoms with Gasteiger partial charge in [-0.05, 0) is 30.4 Å². The van der Waals surface area contributed by atoms with Gasteiger partial charge < -0.3 is 5.32 Å². The Kier molecular flexibility index (Phi) is 2.99. The predicted molar refractivity (Wildman–Crippen MR) is 58.1 cm³/mol. The molecular weight excluding hydrogens is 188 g/mol. The fraction of sp³-hybridized carbons (Fsp3) is 0.500. The molecular formula is C12H16N2O. The number of amides is 1. The van der Waals surface area contributed by atoms with E-state index in [1.54, 1.807) is 6.20 Å². The summed E-state index contributed by atoms with van der Waals surface area (Å²) in [5, 5.41) is 3.07. The second kappa shape index (κ2) is 4.43. The average Bonchev–Trinajstić information content (AvgIpc) is 3.10. The van der Waals surface area contributed by atoms with E-state index in [2.05, 4.69) is 10.3 Å². The molecule has 0 aromatic carbocycles. The number of rotatable bonds is 4. The predicted octanol–water partition coefficient (Wildman–Crippen LogP) is 2.06. The van der Waals surface area contributed by atoms with Crippen LogP contribution in [-0.4, -0.2) is 10.9 Å². The van der Waals surface area contributed by atoms with E-state index in [0.717, 1.165) is 5.56 Å². The molecule has 2 rings (SSSR count). The monoisotopic (exact) mass is 204 g/mol. The second-order valence-electron chi connectivity index (χ2n) is 4.02. The van der Waals surface area contributed by atoms with Crippen molar-refractivity contribution in [2.75, 3.05) is 0 Å². The van der Waals surface area contributed by atoms with Crippen molar-refractivity contribution >= 4 is 5.91 Å². The highest BCUT2D eigenvalue weighted by atomic mass is 16.1. The summed E-state index contributed by atoms with van der Waals surface area (Å²) < 4.78 is 0. The van der Waals surface area contributed by atoms with Gasteiger partial charge in [0.2, 0.25) is 5.91 Å². The van der Waals surface area contributed by atoms with E-state index in [0.29, 0.717) is 12.3 Å². The Bertz CT molecular complexity index is 333. The molecule has 0 radical (unpaired) electrons. The quantitative estimate of drug-likeness (QED) is 0.815. The molecule has 1 saturated carbocycles. The van der Waals surface area contributed by atoms with Gasteiger partial charge in [0.1, 0.15) is 0 Å². The number of carbonyl (C=O) groups is 1. The van der Waals surface area contributed by atoms with E-state index in [9.17, 15) is 4.79 Å². The molecule has 1 N–H and O–H groups in total. The summed E-state index contributed by atoms with van der Waals surface area (Å²) >= 11 is 0. The summed E-state index contributed by atoms with van der Waals surface area (Å²) in [7, 11) is 0. The van der Waals surface area contributed by atoms with Crippen LogP contribution in [0.2, 0.25) is 0 Å². The zero-order valence-corrected chi connectivity index (χ0v) is 8.94. The second-order valence-corrected chi connectivity index (χ2v) is 4.02. The van der Waals surface area contributed by atoms with Crippen molar-refractivity contribution in [3.8, 4) is 0 Å². The van der Waals surface area contributed by atoms with Gasteiger partial charge in [-0.1, -0.05) is 13.0 Å². The highest BCUT2D eigenvalue weighted by Crippen LogP contribution is 2.40. The molecule has 15 heavy (non-hydrogen) atoms. The summed E-state index contributed by atoms with van der Waals surface area (Å²) in [4.78, 5) is 15.5. The van der Waals surface area contributed by atoms with Gasteiger partial charge in [-0.25, -0.2) is 0 Å². The molecule has 1 amide bonds. The first-order valence-corrected chi connectivity index (χ1v) is 5.50. The van der Waals surface area contributed by atoms with E-state index < -0.39 is 0 Å². The lowest BCUT2D eigenvalue weighted by atomic mass is 10.0. The molecule has 0 bridgehead atoms. The molecule has 1 aromatic heterocycles. The number of hydrogen-bond acceptors (Lipinski definition) is 2. The van der Waals surface area contributed by atoms with E-state index in [1.165, 1.54) is 12.8 Å². The molecule has 80 valence electrons. The Morgan fingerprint density at radius 2 is 2.47 bits per heavy atom. The molecule has 0 saturated heterocycles. The average molecular weight is 204 g/mol. The van der Waals surface area contributed by atoms with Crippen LogP contribution in [-0.2, 0) is 4.79 Å². The third-order valence-electron chi connectivity index (χ3n) is 2.77. The lowest BCUT2D eigenvalue weighted by Crippen LogP contribution is -2.29. The van der Waals surface area contributed by atoms with Gasteiger partial charge in [-0.2, -0.15) is 0 Å². The minimum absolute atomic E-state index is 0.121. The minimum atomic E-state index is 0.121. The van der Waals surface area contributed by atoms with E-state index >= 15 is 0 Å². The van der Waals surface area contributed by atoms with Crippen LogP contribution in [0.15, 0.2) is 24.5 Å². The lowest BCUT2D eigenvalue weighted by Gasteiger charge is -2.17. The van der Waals surface area contributed by atoms with Gasteiger partial charge in [-0.15, -0.1) is 0 Å². The smallest absolute Gasteiger partial charge is 0.220 e. The van der Waals surface area contributed by atoms with Gasteiger partial charge in [0.05, 0.1) is 6.04 Å². The van der Waals surface area contributed by atoms with Gasteiger partial charge in [0.25, 0.3) is 0 Å². The molecule has 1 atom stereocenters. The summed E-state index contributed by atoms with van der Waals surface area (Å²) in [6.45, 7) is 1.88. The van der Waals surface area contributed by atoms with Crippen LogP contribution in [0.4, 0.5) is 0 Å². The number of pyridine rings is 1. The van der Waals surface area contributed by atoms with Gasteiger partial charge in [0, 0.05) is 18.8 Å². The Labute approximate surface area is 89.9 Å². The molecule has 1 unspecified atom stereocenters. The van der Waals surface area contributed by atoms with E-state index in [4.69, 9.17) is 0 Å². The SMILES string of the molecule is CCC(=O)NC(c1cccnc1)C1CC1. The zero-order valence-electron chi connectivity index (χ0n) is 8.94. The zero-order chi connectivity index (χ0) is 10.7. The Morgan fingerprint density at radius 3 is 3.00 bits per heavy atom. The maximum Gasteiger partial charge on any atom is 0.220 e. The number of nitrogens with zero attached hydrogens (tertiary/aromatic N) is 1. The first-order chi connectivity index (χ1) is 7.31. The van der Waals surface area contributed by atoms with Crippen LogP contribution in [0.5, 0.6) is 0 Å². The number of hydrogen-bond donors (Lipinski definition) is 1. The fourth-order valence-electron chi connectivity index (χ4n) is 1.74. The van der Waals surface area contributed by atoms with Crippen LogP contribution in [0.25, 0.3) is 0 Å². The van der Waals surface area contributed by atoms with Crippen molar-refractivity contribution in [2.45, 2.75) is 32.2 Å². The molecule has 0 spiro atoms. The van der Waals surface area contributed by atoms with Gasteiger partial charge in [-0.3, -0.25) is 9.78 Å². The highest BCUT2D eigenvalue weighted by Gasteiger charge is 2.33. The lowest BCUT2D eigenvalue weighted by molar-refractivity contribution is -0.121. The van der Waals surface area contributed by atoms with E-state index in [1.807, 2.05) is 25.3 Å². The molecule has 1 aromatic rings. The van der Waals surface area contributed by atoms with Crippen molar-refractivity contribution in [3.05, 3.63) is 30.1 Å². The van der Waals surface area contributed by atoms with Crippen molar-refractivity contribution in [1.29, 1.82) is 0 Å². The number of carbonyl (C=O) groups excluding carboxylic acids is 1. The summed E-state index contributed by atoms with van der Waals surface area (Å²) in [6.07, 6.45) is 6.57. The Balaban J connectivity index is 2.10. The van der Waals surface area contributed by atoms with Crippen molar-refractivity contribution in [3.63, 3.8) is 0 Å². The Morgan fingerprint density at radius 1 is 1.67 bits per heavy atom.